The van der Waals surface area contributed by atoms with Gasteiger partial charge >= 0.3 is 0 Å². The van der Waals surface area contributed by atoms with Gasteiger partial charge in [0.25, 0.3) is 17.7 Å². The van der Waals surface area contributed by atoms with Crippen molar-refractivity contribution in [3.8, 4) is 6.07 Å². The number of rotatable bonds is 6. The SMILES string of the molecule is COCCCN1C(=O)c2ccc(C(=O)N3CCCN(C(=O)CC#N)CC3)cc2C1=O. The maximum atomic E-state index is 13.0. The molecule has 0 bridgehead atoms. The quantitative estimate of drug-likeness (QED) is 0.507. The molecule has 1 aromatic rings. The number of carbonyl (C=O) groups excluding carboxylic acids is 4. The molecular formula is C21H24N4O5. The van der Waals surface area contributed by atoms with Crippen LogP contribution >= 0.6 is 0 Å². The summed E-state index contributed by atoms with van der Waals surface area (Å²) in [6.07, 6.45) is 0.983. The summed E-state index contributed by atoms with van der Waals surface area (Å²) >= 11 is 0. The number of hydrogen-bond acceptors (Lipinski definition) is 6. The first-order valence-corrected chi connectivity index (χ1v) is 9.91. The Bertz CT molecular complexity index is 907. The van der Waals surface area contributed by atoms with Crippen molar-refractivity contribution in [1.82, 2.24) is 14.7 Å². The normalized spacial score (nSPS) is 16.3. The maximum Gasteiger partial charge on any atom is 0.261 e. The van der Waals surface area contributed by atoms with Crippen LogP contribution in [0.3, 0.4) is 0 Å². The van der Waals surface area contributed by atoms with Crippen molar-refractivity contribution in [2.24, 2.45) is 0 Å². The molecule has 2 heterocycles. The van der Waals surface area contributed by atoms with Gasteiger partial charge < -0.3 is 14.5 Å². The van der Waals surface area contributed by atoms with Crippen LogP contribution in [-0.2, 0) is 9.53 Å². The van der Waals surface area contributed by atoms with E-state index in [0.717, 1.165) is 0 Å². The van der Waals surface area contributed by atoms with Crippen LogP contribution in [-0.4, -0.2) is 84.8 Å². The van der Waals surface area contributed by atoms with Gasteiger partial charge in [-0.1, -0.05) is 0 Å². The fraction of sp³-hybridized carbons (Fsp3) is 0.476. The Balaban J connectivity index is 1.70. The van der Waals surface area contributed by atoms with Crippen molar-refractivity contribution >= 4 is 23.6 Å². The van der Waals surface area contributed by atoms with Gasteiger partial charge in [0.1, 0.15) is 6.42 Å². The Hall–Kier alpha value is -3.25. The molecule has 0 aliphatic carbocycles. The summed E-state index contributed by atoms with van der Waals surface area (Å²) in [5.41, 5.74) is 0.882. The van der Waals surface area contributed by atoms with E-state index in [-0.39, 0.29) is 36.3 Å². The van der Waals surface area contributed by atoms with Gasteiger partial charge in [-0.2, -0.15) is 5.26 Å². The highest BCUT2D eigenvalue weighted by atomic mass is 16.5. The lowest BCUT2D eigenvalue weighted by molar-refractivity contribution is -0.130. The number of nitriles is 1. The minimum absolute atomic E-state index is 0.171. The predicted molar refractivity (Wildman–Crippen MR) is 106 cm³/mol. The first kappa shape index (κ1) is 21.5. The minimum Gasteiger partial charge on any atom is -0.385 e. The van der Waals surface area contributed by atoms with Crippen molar-refractivity contribution in [2.45, 2.75) is 19.3 Å². The van der Waals surface area contributed by atoms with Gasteiger partial charge in [-0.25, -0.2) is 0 Å². The number of fused-ring (bicyclic) bond motifs is 1. The first-order chi connectivity index (χ1) is 14.5. The molecule has 0 unspecified atom stereocenters. The van der Waals surface area contributed by atoms with Crippen LogP contribution in [0.25, 0.3) is 0 Å². The molecule has 0 aromatic heterocycles. The summed E-state index contributed by atoms with van der Waals surface area (Å²) in [6.45, 7) is 2.40. The molecule has 3 rings (SSSR count). The number of carbonyl (C=O) groups is 4. The highest BCUT2D eigenvalue weighted by Crippen LogP contribution is 2.25. The van der Waals surface area contributed by atoms with Crippen molar-refractivity contribution in [2.75, 3.05) is 46.4 Å². The Morgan fingerprint density at radius 3 is 2.50 bits per heavy atom. The summed E-state index contributed by atoms with van der Waals surface area (Å²) in [7, 11) is 1.56. The zero-order valence-electron chi connectivity index (χ0n) is 16.9. The molecule has 0 saturated carbocycles. The molecule has 0 spiro atoms. The second-order valence-electron chi connectivity index (χ2n) is 7.23. The zero-order chi connectivity index (χ0) is 21.7. The lowest BCUT2D eigenvalue weighted by atomic mass is 10.0. The number of methoxy groups -OCH3 is 1. The fourth-order valence-corrected chi connectivity index (χ4v) is 3.73. The topological polar surface area (TPSA) is 111 Å². The third-order valence-corrected chi connectivity index (χ3v) is 5.31. The Morgan fingerprint density at radius 1 is 1.07 bits per heavy atom. The van der Waals surface area contributed by atoms with Crippen LogP contribution in [0, 0.1) is 11.3 Å². The van der Waals surface area contributed by atoms with E-state index in [2.05, 4.69) is 0 Å². The minimum atomic E-state index is -0.398. The molecule has 1 saturated heterocycles. The number of benzene rings is 1. The Labute approximate surface area is 174 Å². The molecule has 1 fully saturated rings. The zero-order valence-corrected chi connectivity index (χ0v) is 16.9. The molecule has 30 heavy (non-hydrogen) atoms. The van der Waals surface area contributed by atoms with Crippen molar-refractivity contribution in [1.29, 1.82) is 5.26 Å². The molecule has 158 valence electrons. The van der Waals surface area contributed by atoms with Crippen molar-refractivity contribution in [3.05, 3.63) is 34.9 Å². The fourth-order valence-electron chi connectivity index (χ4n) is 3.73. The van der Waals surface area contributed by atoms with Gasteiger partial charge in [0, 0.05) is 52.0 Å². The summed E-state index contributed by atoms with van der Waals surface area (Å²) in [4.78, 5) is 54.5. The monoisotopic (exact) mass is 412 g/mol. The molecule has 0 radical (unpaired) electrons. The number of imide groups is 1. The van der Waals surface area contributed by atoms with Crippen LogP contribution in [0.1, 0.15) is 50.3 Å². The molecule has 2 aliphatic rings. The lowest BCUT2D eigenvalue weighted by Crippen LogP contribution is -2.37. The van der Waals surface area contributed by atoms with E-state index in [1.165, 1.54) is 17.0 Å². The van der Waals surface area contributed by atoms with Crippen LogP contribution in [0.2, 0.25) is 0 Å². The molecule has 2 aliphatic heterocycles. The predicted octanol–water partition coefficient (Wildman–Crippen LogP) is 0.907. The summed E-state index contributed by atoms with van der Waals surface area (Å²) in [6, 6.07) is 6.43. The highest BCUT2D eigenvalue weighted by Gasteiger charge is 2.36. The number of amides is 4. The van der Waals surface area contributed by atoms with Crippen LogP contribution in [0.15, 0.2) is 18.2 Å². The van der Waals surface area contributed by atoms with Crippen molar-refractivity contribution < 1.29 is 23.9 Å². The summed E-state index contributed by atoms with van der Waals surface area (Å²) in [5.74, 6) is -1.23. The van der Waals surface area contributed by atoms with Gasteiger partial charge in [0.2, 0.25) is 5.91 Å². The number of hydrogen-bond donors (Lipinski definition) is 0. The van der Waals surface area contributed by atoms with E-state index in [1.807, 2.05) is 6.07 Å². The maximum absolute atomic E-state index is 13.0. The number of ether oxygens (including phenoxy) is 1. The van der Waals surface area contributed by atoms with E-state index in [9.17, 15) is 19.2 Å². The first-order valence-electron chi connectivity index (χ1n) is 9.91. The molecule has 4 amide bonds. The van der Waals surface area contributed by atoms with Gasteiger partial charge in [-0.15, -0.1) is 0 Å². The average Bonchev–Trinajstić information content (AvgIpc) is 2.92. The van der Waals surface area contributed by atoms with Crippen molar-refractivity contribution in [3.63, 3.8) is 0 Å². The largest absolute Gasteiger partial charge is 0.385 e. The van der Waals surface area contributed by atoms with Crippen LogP contribution in [0.4, 0.5) is 0 Å². The molecule has 0 N–H and O–H groups in total. The van der Waals surface area contributed by atoms with E-state index in [0.29, 0.717) is 56.8 Å². The second kappa shape index (κ2) is 9.50. The standard InChI is InChI=1S/C21H24N4O5/c1-30-13-3-10-25-20(28)16-5-4-15(14-17(16)21(25)29)19(27)24-9-2-8-23(11-12-24)18(26)6-7-22/h4-5,14H,2-3,6,8-13H2,1H3. The molecule has 9 nitrogen and oxygen atoms in total. The Morgan fingerprint density at radius 2 is 1.77 bits per heavy atom. The second-order valence-corrected chi connectivity index (χ2v) is 7.23. The smallest absolute Gasteiger partial charge is 0.261 e. The highest BCUT2D eigenvalue weighted by molar-refractivity contribution is 6.22. The van der Waals surface area contributed by atoms with E-state index in [4.69, 9.17) is 10.00 Å². The van der Waals surface area contributed by atoms with Crippen LogP contribution < -0.4 is 0 Å². The molecule has 0 atom stereocenters. The van der Waals surface area contributed by atoms with E-state index >= 15 is 0 Å². The van der Waals surface area contributed by atoms with Gasteiger partial charge in [-0.05, 0) is 31.0 Å². The molecular weight excluding hydrogens is 388 g/mol. The molecule has 1 aromatic carbocycles. The van der Waals surface area contributed by atoms with E-state index in [1.54, 1.807) is 23.0 Å². The van der Waals surface area contributed by atoms with Gasteiger partial charge in [0.05, 0.1) is 17.2 Å². The van der Waals surface area contributed by atoms with Crippen LogP contribution in [0.5, 0.6) is 0 Å². The summed E-state index contributed by atoms with van der Waals surface area (Å²) < 4.78 is 4.97. The average molecular weight is 412 g/mol. The third-order valence-electron chi connectivity index (χ3n) is 5.31. The van der Waals surface area contributed by atoms with E-state index < -0.39 is 5.91 Å². The Kier molecular flexibility index (Phi) is 6.79. The third kappa shape index (κ3) is 4.33. The molecule has 9 heteroatoms. The number of nitrogens with zero attached hydrogens (tertiary/aromatic N) is 4. The van der Waals surface area contributed by atoms with Gasteiger partial charge in [-0.3, -0.25) is 24.1 Å². The summed E-state index contributed by atoms with van der Waals surface area (Å²) in [5, 5.41) is 8.70. The van der Waals surface area contributed by atoms with Gasteiger partial charge in [0.15, 0.2) is 0 Å². The lowest BCUT2D eigenvalue weighted by Gasteiger charge is -2.22.